The zero-order valence-electron chi connectivity index (χ0n) is 8.06. The Balaban J connectivity index is 3.41. The first kappa shape index (κ1) is 13.4. The molecule has 0 amide bonds. The van der Waals surface area contributed by atoms with Gasteiger partial charge in [0.25, 0.3) is 6.43 Å². The molecule has 9 heteroatoms. The first-order valence-corrected chi connectivity index (χ1v) is 4.95. The SMILES string of the molecule is O=C(O)Cc1c([N+](=O)[O-])ncc(C(F)F)c1Br. The summed E-state index contributed by atoms with van der Waals surface area (Å²) in [6.07, 6.45) is -3.01. The van der Waals surface area contributed by atoms with Crippen LogP contribution in [0.5, 0.6) is 0 Å². The summed E-state index contributed by atoms with van der Waals surface area (Å²) in [5.41, 5.74) is -0.952. The standard InChI is InChI=1S/C8H5BrF2N2O4/c9-6-3(1-5(14)15)8(13(16)17)12-2-4(6)7(10)11/h2,7H,1H2,(H,14,15). The molecular formula is C8H5BrF2N2O4. The largest absolute Gasteiger partial charge is 0.481 e. The number of carboxylic acid groups (broad SMARTS) is 1. The lowest BCUT2D eigenvalue weighted by Crippen LogP contribution is -2.08. The molecule has 1 aromatic rings. The monoisotopic (exact) mass is 310 g/mol. The number of aromatic nitrogens is 1. The molecule has 0 aliphatic rings. The van der Waals surface area contributed by atoms with E-state index in [1.807, 2.05) is 0 Å². The number of carboxylic acids is 1. The van der Waals surface area contributed by atoms with Crippen molar-refractivity contribution in [3.63, 3.8) is 0 Å². The first-order valence-electron chi connectivity index (χ1n) is 4.16. The number of alkyl halides is 2. The number of hydrogen-bond donors (Lipinski definition) is 1. The van der Waals surface area contributed by atoms with Gasteiger partial charge in [-0.2, -0.15) is 0 Å². The van der Waals surface area contributed by atoms with Crippen molar-refractivity contribution in [2.24, 2.45) is 0 Å². The molecule has 0 aromatic carbocycles. The Kier molecular flexibility index (Phi) is 4.05. The maximum Gasteiger partial charge on any atom is 0.368 e. The molecule has 0 radical (unpaired) electrons. The molecule has 6 nitrogen and oxygen atoms in total. The zero-order chi connectivity index (χ0) is 13.2. The van der Waals surface area contributed by atoms with Crippen molar-refractivity contribution in [2.75, 3.05) is 0 Å². The van der Waals surface area contributed by atoms with Crippen LogP contribution in [0.1, 0.15) is 17.6 Å². The van der Waals surface area contributed by atoms with Crippen LogP contribution in [-0.2, 0) is 11.2 Å². The van der Waals surface area contributed by atoms with Gasteiger partial charge in [-0.15, -0.1) is 0 Å². The van der Waals surface area contributed by atoms with Crippen molar-refractivity contribution in [1.82, 2.24) is 4.98 Å². The van der Waals surface area contributed by atoms with Gasteiger partial charge >= 0.3 is 11.8 Å². The number of aliphatic carboxylic acids is 1. The molecule has 17 heavy (non-hydrogen) atoms. The molecule has 0 saturated heterocycles. The number of nitrogens with zero attached hydrogens (tertiary/aromatic N) is 2. The van der Waals surface area contributed by atoms with Gasteiger partial charge in [0.05, 0.1) is 17.5 Å². The summed E-state index contributed by atoms with van der Waals surface area (Å²) in [5.74, 6) is -2.12. The van der Waals surface area contributed by atoms with Crippen molar-refractivity contribution in [1.29, 1.82) is 0 Å². The van der Waals surface area contributed by atoms with E-state index >= 15 is 0 Å². The molecule has 1 N–H and O–H groups in total. The Morgan fingerprint density at radius 2 is 2.24 bits per heavy atom. The van der Waals surface area contributed by atoms with Gasteiger partial charge in [0.15, 0.2) is 0 Å². The molecule has 92 valence electrons. The molecule has 0 atom stereocenters. The fraction of sp³-hybridized carbons (Fsp3) is 0.250. The third-order valence-electron chi connectivity index (χ3n) is 1.85. The second-order valence-corrected chi connectivity index (χ2v) is 3.75. The van der Waals surface area contributed by atoms with E-state index in [9.17, 15) is 23.7 Å². The maximum atomic E-state index is 12.5. The van der Waals surface area contributed by atoms with Crippen molar-refractivity contribution in [2.45, 2.75) is 12.8 Å². The molecule has 1 aromatic heterocycles. The molecule has 0 aliphatic heterocycles. The Bertz CT molecular complexity index is 481. The molecular weight excluding hydrogens is 306 g/mol. The van der Waals surface area contributed by atoms with Crippen LogP contribution < -0.4 is 0 Å². The van der Waals surface area contributed by atoms with E-state index in [0.29, 0.717) is 6.20 Å². The highest BCUT2D eigenvalue weighted by Gasteiger charge is 2.26. The average molecular weight is 311 g/mol. The van der Waals surface area contributed by atoms with Gasteiger partial charge in [-0.05, 0) is 25.8 Å². The summed E-state index contributed by atoms with van der Waals surface area (Å²) in [5, 5.41) is 19.1. The lowest BCUT2D eigenvalue weighted by molar-refractivity contribution is -0.390. The van der Waals surface area contributed by atoms with Crippen LogP contribution in [0.15, 0.2) is 10.7 Å². The van der Waals surface area contributed by atoms with Gasteiger partial charge < -0.3 is 15.2 Å². The number of hydrogen-bond acceptors (Lipinski definition) is 4. The topological polar surface area (TPSA) is 93.3 Å². The van der Waals surface area contributed by atoms with E-state index in [2.05, 4.69) is 20.9 Å². The Hall–Kier alpha value is -1.64. The predicted molar refractivity (Wildman–Crippen MR) is 54.9 cm³/mol. The fourth-order valence-corrected chi connectivity index (χ4v) is 1.75. The minimum absolute atomic E-state index is 0.295. The van der Waals surface area contributed by atoms with E-state index in [-0.39, 0.29) is 10.0 Å². The van der Waals surface area contributed by atoms with Crippen molar-refractivity contribution < 1.29 is 23.6 Å². The highest BCUT2D eigenvalue weighted by atomic mass is 79.9. The molecule has 1 heterocycles. The Morgan fingerprint density at radius 3 is 2.65 bits per heavy atom. The first-order chi connectivity index (χ1) is 7.84. The molecule has 0 saturated carbocycles. The summed E-state index contributed by atoms with van der Waals surface area (Å²) < 4.78 is 24.7. The quantitative estimate of drug-likeness (QED) is 0.680. The zero-order valence-corrected chi connectivity index (χ0v) is 9.65. The minimum Gasteiger partial charge on any atom is -0.481 e. The smallest absolute Gasteiger partial charge is 0.368 e. The predicted octanol–water partition coefficient (Wildman–Crippen LogP) is 2.32. The maximum absolute atomic E-state index is 12.5. The van der Waals surface area contributed by atoms with E-state index in [0.717, 1.165) is 0 Å². The van der Waals surface area contributed by atoms with Gasteiger partial charge in [-0.1, -0.05) is 0 Å². The van der Waals surface area contributed by atoms with Gasteiger partial charge in [-0.3, -0.25) is 4.79 Å². The Labute approximate surface area is 102 Å². The van der Waals surface area contributed by atoms with Gasteiger partial charge in [0.1, 0.15) is 6.20 Å². The molecule has 1 rings (SSSR count). The number of nitro groups is 1. The number of halogens is 3. The molecule has 0 aliphatic carbocycles. The van der Waals surface area contributed by atoms with Crippen LogP contribution in [0.2, 0.25) is 0 Å². The lowest BCUT2D eigenvalue weighted by Gasteiger charge is -2.06. The number of carbonyl (C=O) groups is 1. The fourth-order valence-electron chi connectivity index (χ4n) is 1.16. The summed E-state index contributed by atoms with van der Waals surface area (Å²) in [4.78, 5) is 23.4. The molecule has 0 fully saturated rings. The average Bonchev–Trinajstić information content (AvgIpc) is 2.19. The van der Waals surface area contributed by atoms with E-state index in [1.165, 1.54) is 0 Å². The van der Waals surface area contributed by atoms with E-state index in [1.54, 1.807) is 0 Å². The highest BCUT2D eigenvalue weighted by Crippen LogP contribution is 2.33. The number of pyridine rings is 1. The van der Waals surface area contributed by atoms with E-state index in [4.69, 9.17) is 5.11 Å². The van der Waals surface area contributed by atoms with Crippen LogP contribution >= 0.6 is 15.9 Å². The van der Waals surface area contributed by atoms with Crippen molar-refractivity contribution in [3.05, 3.63) is 31.9 Å². The molecule has 0 unspecified atom stereocenters. The molecule has 0 bridgehead atoms. The van der Waals surface area contributed by atoms with Gasteiger partial charge in [-0.25, -0.2) is 8.78 Å². The van der Waals surface area contributed by atoms with Crippen LogP contribution in [0.4, 0.5) is 14.6 Å². The highest BCUT2D eigenvalue weighted by molar-refractivity contribution is 9.10. The van der Waals surface area contributed by atoms with Crippen molar-refractivity contribution >= 4 is 27.7 Å². The van der Waals surface area contributed by atoms with Crippen LogP contribution in [0.25, 0.3) is 0 Å². The lowest BCUT2D eigenvalue weighted by atomic mass is 10.1. The van der Waals surface area contributed by atoms with Crippen LogP contribution in [0.3, 0.4) is 0 Å². The normalized spacial score (nSPS) is 10.6. The third-order valence-corrected chi connectivity index (χ3v) is 2.79. The van der Waals surface area contributed by atoms with Crippen LogP contribution in [-0.4, -0.2) is 21.0 Å². The third kappa shape index (κ3) is 2.93. The van der Waals surface area contributed by atoms with Gasteiger partial charge in [0.2, 0.25) is 0 Å². The van der Waals surface area contributed by atoms with E-state index < -0.39 is 35.1 Å². The van der Waals surface area contributed by atoms with Gasteiger partial charge in [0, 0.05) is 4.47 Å². The summed E-state index contributed by atoms with van der Waals surface area (Å²) in [6.45, 7) is 0. The van der Waals surface area contributed by atoms with Crippen molar-refractivity contribution in [3.8, 4) is 0 Å². The Morgan fingerprint density at radius 1 is 1.65 bits per heavy atom. The van der Waals surface area contributed by atoms with Crippen LogP contribution in [0, 0.1) is 10.1 Å². The minimum atomic E-state index is -2.90. The second kappa shape index (κ2) is 5.13. The second-order valence-electron chi connectivity index (χ2n) is 2.96. The number of rotatable bonds is 4. The molecule has 0 spiro atoms. The summed E-state index contributed by atoms with van der Waals surface area (Å²) in [6, 6.07) is 0. The summed E-state index contributed by atoms with van der Waals surface area (Å²) >= 11 is 2.74. The summed E-state index contributed by atoms with van der Waals surface area (Å²) in [7, 11) is 0.